The SMILES string of the molecule is CC(C)(C)CS(=O)(=O)c1ccc(NC(=O)[C@H](Cc2ccccc2)NC(=O)c2ccccc2)cc1. The third-order valence-corrected chi connectivity index (χ3v) is 7.28. The minimum absolute atomic E-state index is 0.0242. The van der Waals surface area contributed by atoms with Gasteiger partial charge in [0.25, 0.3) is 5.91 Å². The van der Waals surface area contributed by atoms with Crippen molar-refractivity contribution in [3.8, 4) is 0 Å². The minimum Gasteiger partial charge on any atom is -0.340 e. The van der Waals surface area contributed by atoms with Gasteiger partial charge >= 0.3 is 0 Å². The predicted octanol–water partition coefficient (Wildman–Crippen LogP) is 4.49. The van der Waals surface area contributed by atoms with Crippen LogP contribution in [0.15, 0.2) is 89.8 Å². The molecule has 0 bridgehead atoms. The van der Waals surface area contributed by atoms with E-state index in [-0.39, 0.29) is 22.0 Å². The van der Waals surface area contributed by atoms with E-state index in [4.69, 9.17) is 0 Å². The Morgan fingerprint density at radius 2 is 1.38 bits per heavy atom. The summed E-state index contributed by atoms with van der Waals surface area (Å²) in [4.78, 5) is 26.0. The molecule has 3 aromatic rings. The maximum atomic E-state index is 13.1. The number of sulfone groups is 1. The van der Waals surface area contributed by atoms with Gasteiger partial charge in [-0.25, -0.2) is 8.42 Å². The molecule has 0 fully saturated rings. The number of hydrogen-bond acceptors (Lipinski definition) is 4. The molecule has 0 saturated heterocycles. The van der Waals surface area contributed by atoms with Gasteiger partial charge in [0.1, 0.15) is 6.04 Å². The molecule has 0 unspecified atom stereocenters. The van der Waals surface area contributed by atoms with E-state index >= 15 is 0 Å². The van der Waals surface area contributed by atoms with Gasteiger partial charge in [-0.2, -0.15) is 0 Å². The van der Waals surface area contributed by atoms with E-state index in [1.165, 1.54) is 12.1 Å². The predicted molar refractivity (Wildman–Crippen MR) is 134 cm³/mol. The van der Waals surface area contributed by atoms with Crippen LogP contribution in [0.2, 0.25) is 0 Å². The fourth-order valence-electron chi connectivity index (χ4n) is 3.52. The third kappa shape index (κ3) is 7.28. The normalized spacial score (nSPS) is 12.6. The Morgan fingerprint density at radius 1 is 0.824 bits per heavy atom. The molecule has 6 nitrogen and oxygen atoms in total. The van der Waals surface area contributed by atoms with Crippen LogP contribution in [0.3, 0.4) is 0 Å². The maximum Gasteiger partial charge on any atom is 0.251 e. The van der Waals surface area contributed by atoms with Crippen molar-refractivity contribution in [1.82, 2.24) is 5.32 Å². The van der Waals surface area contributed by atoms with E-state index in [0.717, 1.165) is 5.56 Å². The quantitative estimate of drug-likeness (QED) is 0.499. The fourth-order valence-corrected chi connectivity index (χ4v) is 5.38. The van der Waals surface area contributed by atoms with E-state index in [1.54, 1.807) is 36.4 Å². The molecule has 178 valence electrons. The number of hydrogen-bond donors (Lipinski definition) is 2. The zero-order valence-electron chi connectivity index (χ0n) is 19.6. The van der Waals surface area contributed by atoms with Gasteiger partial charge in [0, 0.05) is 17.7 Å². The molecule has 0 aromatic heterocycles. The van der Waals surface area contributed by atoms with Crippen LogP contribution in [-0.4, -0.2) is 32.0 Å². The molecular weight excluding hydrogens is 448 g/mol. The Bertz CT molecular complexity index is 1220. The van der Waals surface area contributed by atoms with Crippen LogP contribution in [0.1, 0.15) is 36.7 Å². The highest BCUT2D eigenvalue weighted by molar-refractivity contribution is 7.91. The van der Waals surface area contributed by atoms with Crippen LogP contribution in [0, 0.1) is 5.41 Å². The van der Waals surface area contributed by atoms with Crippen LogP contribution in [0.4, 0.5) is 5.69 Å². The van der Waals surface area contributed by atoms with Gasteiger partial charge in [-0.15, -0.1) is 0 Å². The fraction of sp³-hybridized carbons (Fsp3) is 0.259. The largest absolute Gasteiger partial charge is 0.340 e. The summed E-state index contributed by atoms with van der Waals surface area (Å²) >= 11 is 0. The lowest BCUT2D eigenvalue weighted by Crippen LogP contribution is -2.45. The lowest BCUT2D eigenvalue weighted by molar-refractivity contribution is -0.118. The molecule has 0 heterocycles. The van der Waals surface area contributed by atoms with Gasteiger partial charge in [0.2, 0.25) is 5.91 Å². The smallest absolute Gasteiger partial charge is 0.251 e. The number of nitrogens with one attached hydrogen (secondary N) is 2. The third-order valence-electron chi connectivity index (χ3n) is 5.04. The number of benzene rings is 3. The van der Waals surface area contributed by atoms with Gasteiger partial charge in [-0.05, 0) is 47.4 Å². The average molecular weight is 479 g/mol. The Morgan fingerprint density at radius 3 is 1.94 bits per heavy atom. The van der Waals surface area contributed by atoms with Gasteiger partial charge < -0.3 is 10.6 Å². The molecule has 3 rings (SSSR count). The van der Waals surface area contributed by atoms with Crippen LogP contribution in [-0.2, 0) is 21.1 Å². The summed E-state index contributed by atoms with van der Waals surface area (Å²) in [6.07, 6.45) is 0.309. The molecule has 0 aliphatic carbocycles. The number of carbonyl (C=O) groups is 2. The molecule has 0 aliphatic heterocycles. The number of anilines is 1. The van der Waals surface area contributed by atoms with Gasteiger partial charge in [-0.1, -0.05) is 69.3 Å². The zero-order chi connectivity index (χ0) is 24.8. The monoisotopic (exact) mass is 478 g/mol. The minimum atomic E-state index is -3.44. The van der Waals surface area contributed by atoms with Crippen molar-refractivity contribution >= 4 is 27.3 Å². The van der Waals surface area contributed by atoms with Gasteiger partial charge in [0.15, 0.2) is 9.84 Å². The first-order valence-electron chi connectivity index (χ1n) is 11.1. The molecule has 2 N–H and O–H groups in total. The lowest BCUT2D eigenvalue weighted by atomic mass is 10.0. The number of amides is 2. The van der Waals surface area contributed by atoms with E-state index in [1.807, 2.05) is 57.2 Å². The first-order valence-corrected chi connectivity index (χ1v) is 12.7. The van der Waals surface area contributed by atoms with Gasteiger partial charge in [-0.3, -0.25) is 9.59 Å². The second-order valence-electron chi connectivity index (χ2n) is 9.42. The van der Waals surface area contributed by atoms with Crippen LogP contribution >= 0.6 is 0 Å². The summed E-state index contributed by atoms with van der Waals surface area (Å²) < 4.78 is 25.2. The second-order valence-corrected chi connectivity index (χ2v) is 11.4. The van der Waals surface area contributed by atoms with Gasteiger partial charge in [0.05, 0.1) is 10.6 Å². The van der Waals surface area contributed by atoms with Crippen LogP contribution < -0.4 is 10.6 Å². The molecule has 0 radical (unpaired) electrons. The highest BCUT2D eigenvalue weighted by Crippen LogP contribution is 2.23. The first-order chi connectivity index (χ1) is 16.0. The van der Waals surface area contributed by atoms with Crippen molar-refractivity contribution in [3.05, 3.63) is 96.1 Å². The summed E-state index contributed by atoms with van der Waals surface area (Å²) in [7, 11) is -3.44. The Kier molecular flexibility index (Phi) is 7.89. The van der Waals surface area contributed by atoms with E-state index in [2.05, 4.69) is 10.6 Å². The highest BCUT2D eigenvalue weighted by atomic mass is 32.2. The summed E-state index contributed by atoms with van der Waals surface area (Å²) in [5, 5.41) is 5.61. The lowest BCUT2D eigenvalue weighted by Gasteiger charge is -2.20. The maximum absolute atomic E-state index is 13.1. The standard InChI is InChI=1S/C27H30N2O4S/c1-27(2,3)19-34(32,33)23-16-14-22(15-17-23)28-26(31)24(18-20-10-6-4-7-11-20)29-25(30)21-12-8-5-9-13-21/h4-17,24H,18-19H2,1-3H3,(H,28,31)(H,29,30)/t24-/m0/s1. The molecule has 0 saturated carbocycles. The molecule has 0 spiro atoms. The van der Waals surface area contributed by atoms with Crippen molar-refractivity contribution < 1.29 is 18.0 Å². The summed E-state index contributed by atoms with van der Waals surface area (Å²) in [6.45, 7) is 5.61. The second kappa shape index (κ2) is 10.7. The Hall–Kier alpha value is -3.45. The molecule has 1 atom stereocenters. The first kappa shape index (κ1) is 25.2. The van der Waals surface area contributed by atoms with Crippen LogP contribution in [0.5, 0.6) is 0 Å². The number of carbonyl (C=O) groups excluding carboxylic acids is 2. The Labute approximate surface area is 201 Å². The van der Waals surface area contributed by atoms with Crippen LogP contribution in [0.25, 0.3) is 0 Å². The molecule has 7 heteroatoms. The molecule has 0 aliphatic rings. The van der Waals surface area contributed by atoms with E-state index in [0.29, 0.717) is 17.7 Å². The van der Waals surface area contributed by atoms with Crippen molar-refractivity contribution in [1.29, 1.82) is 0 Å². The molecule has 2 amide bonds. The Balaban J connectivity index is 1.76. The molecule has 3 aromatic carbocycles. The molecule has 34 heavy (non-hydrogen) atoms. The van der Waals surface area contributed by atoms with E-state index in [9.17, 15) is 18.0 Å². The summed E-state index contributed by atoms with van der Waals surface area (Å²) in [5.41, 5.74) is 1.45. The average Bonchev–Trinajstić information content (AvgIpc) is 2.78. The summed E-state index contributed by atoms with van der Waals surface area (Å²) in [5.74, 6) is -0.713. The zero-order valence-corrected chi connectivity index (χ0v) is 20.4. The van der Waals surface area contributed by atoms with E-state index < -0.39 is 21.8 Å². The van der Waals surface area contributed by atoms with Crippen molar-refractivity contribution in [2.45, 2.75) is 38.1 Å². The van der Waals surface area contributed by atoms with Crippen molar-refractivity contribution in [3.63, 3.8) is 0 Å². The topological polar surface area (TPSA) is 92.3 Å². The summed E-state index contributed by atoms with van der Waals surface area (Å²) in [6, 6.07) is 23.4. The number of rotatable bonds is 8. The van der Waals surface area contributed by atoms with Crippen molar-refractivity contribution in [2.24, 2.45) is 5.41 Å². The van der Waals surface area contributed by atoms with Crippen molar-refractivity contribution in [2.75, 3.05) is 11.1 Å². The molecular formula is C27H30N2O4S. The highest BCUT2D eigenvalue weighted by Gasteiger charge is 2.25.